The first kappa shape index (κ1) is 16.4. The summed E-state index contributed by atoms with van der Waals surface area (Å²) in [6, 6.07) is 4.38. The number of phenolic OH excluding ortho intramolecular Hbond substituents is 1. The van der Waals surface area contributed by atoms with Crippen molar-refractivity contribution in [2.24, 2.45) is 23.2 Å². The fourth-order valence-electron chi connectivity index (χ4n) is 6.68. The molecule has 3 aliphatic rings. The van der Waals surface area contributed by atoms with E-state index in [1.165, 1.54) is 37.7 Å². The Kier molecular flexibility index (Phi) is 4.15. The summed E-state index contributed by atoms with van der Waals surface area (Å²) >= 11 is 0. The van der Waals surface area contributed by atoms with E-state index in [1.807, 2.05) is 0 Å². The van der Waals surface area contributed by atoms with Crippen LogP contribution in [0.25, 0.3) is 0 Å². The van der Waals surface area contributed by atoms with Crippen molar-refractivity contribution < 1.29 is 10.2 Å². The van der Waals surface area contributed by atoms with Crippen molar-refractivity contribution in [1.29, 1.82) is 0 Å². The van der Waals surface area contributed by atoms with Crippen LogP contribution in [0.15, 0.2) is 12.1 Å². The van der Waals surface area contributed by atoms with E-state index in [9.17, 15) is 10.2 Å². The Bertz CT molecular complexity index is 623. The van der Waals surface area contributed by atoms with Crippen LogP contribution in [0, 0.1) is 23.2 Å². The Labute approximate surface area is 146 Å². The lowest BCUT2D eigenvalue weighted by Crippen LogP contribution is -2.42. The highest BCUT2D eigenvalue weighted by atomic mass is 16.3. The predicted molar refractivity (Wildman–Crippen MR) is 97.3 cm³/mol. The Hall–Kier alpha value is -1.02. The molecule has 0 aromatic heterocycles. The second kappa shape index (κ2) is 6.05. The average molecular weight is 328 g/mol. The summed E-state index contributed by atoms with van der Waals surface area (Å²) in [7, 11) is 0. The highest BCUT2D eigenvalue weighted by Crippen LogP contribution is 2.63. The molecule has 2 nitrogen and oxygen atoms in total. The molecule has 1 aromatic carbocycles. The van der Waals surface area contributed by atoms with Crippen LogP contribution >= 0.6 is 0 Å². The van der Waals surface area contributed by atoms with E-state index < -0.39 is 0 Å². The monoisotopic (exact) mass is 328 g/mol. The van der Waals surface area contributed by atoms with Gasteiger partial charge in [-0.05, 0) is 103 Å². The number of fused-ring (bicyclic) bond motifs is 5. The van der Waals surface area contributed by atoms with Gasteiger partial charge in [0.15, 0.2) is 0 Å². The Morgan fingerprint density at radius 2 is 2.00 bits per heavy atom. The Morgan fingerprint density at radius 3 is 2.75 bits per heavy atom. The van der Waals surface area contributed by atoms with Crippen molar-refractivity contribution in [3.63, 3.8) is 0 Å². The molecular weight excluding hydrogens is 296 g/mol. The van der Waals surface area contributed by atoms with E-state index >= 15 is 0 Å². The molecule has 2 fully saturated rings. The number of aryl methyl sites for hydroxylation is 2. The molecule has 3 aliphatic carbocycles. The molecule has 0 saturated heterocycles. The Balaban J connectivity index is 1.66. The van der Waals surface area contributed by atoms with Crippen LogP contribution in [0.2, 0.25) is 0 Å². The summed E-state index contributed by atoms with van der Waals surface area (Å²) in [6.45, 7) is 5.00. The molecule has 0 spiro atoms. The topological polar surface area (TPSA) is 40.5 Å². The van der Waals surface area contributed by atoms with Gasteiger partial charge in [-0.15, -0.1) is 0 Å². The van der Waals surface area contributed by atoms with Gasteiger partial charge in [-0.1, -0.05) is 19.9 Å². The highest BCUT2D eigenvalue weighted by Gasteiger charge is 2.54. The lowest BCUT2D eigenvalue weighted by Gasteiger charge is -2.51. The highest BCUT2D eigenvalue weighted by molar-refractivity contribution is 5.45. The summed E-state index contributed by atoms with van der Waals surface area (Å²) in [5, 5.41) is 19.7. The third-order valence-electron chi connectivity index (χ3n) is 7.98. The molecule has 4 rings (SSSR count). The number of benzene rings is 1. The van der Waals surface area contributed by atoms with Crippen LogP contribution in [0.4, 0.5) is 0 Å². The minimum absolute atomic E-state index is 0.350. The second-order valence-electron chi connectivity index (χ2n) is 8.78. The maximum Gasteiger partial charge on any atom is 0.119 e. The third-order valence-corrected chi connectivity index (χ3v) is 7.98. The molecule has 2 N–H and O–H groups in total. The summed E-state index contributed by atoms with van der Waals surface area (Å²) in [6.07, 6.45) is 9.60. The van der Waals surface area contributed by atoms with Crippen molar-refractivity contribution in [2.45, 2.75) is 71.1 Å². The van der Waals surface area contributed by atoms with Gasteiger partial charge in [-0.2, -0.15) is 0 Å². The summed E-state index contributed by atoms with van der Waals surface area (Å²) < 4.78 is 0. The zero-order valence-electron chi connectivity index (χ0n) is 15.2. The summed E-state index contributed by atoms with van der Waals surface area (Å²) in [5.74, 6) is 3.57. The molecule has 0 bridgehead atoms. The van der Waals surface area contributed by atoms with Gasteiger partial charge in [0.05, 0.1) is 0 Å². The first-order valence-corrected chi connectivity index (χ1v) is 10.0. The van der Waals surface area contributed by atoms with Gasteiger partial charge in [0.25, 0.3) is 0 Å². The quantitative estimate of drug-likeness (QED) is 0.836. The lowest BCUT2D eigenvalue weighted by molar-refractivity contribution is 0.0209. The molecule has 0 radical (unpaired) electrons. The number of hydrogen-bond donors (Lipinski definition) is 2. The summed E-state index contributed by atoms with van der Waals surface area (Å²) in [4.78, 5) is 0. The molecule has 5 atom stereocenters. The lowest BCUT2D eigenvalue weighted by atomic mass is 9.54. The van der Waals surface area contributed by atoms with Gasteiger partial charge in [0.2, 0.25) is 0 Å². The van der Waals surface area contributed by atoms with E-state index in [0.29, 0.717) is 23.7 Å². The molecule has 1 aromatic rings. The number of aromatic hydroxyl groups is 1. The molecule has 24 heavy (non-hydrogen) atoms. The minimum atomic E-state index is 0.350. The molecule has 2 saturated carbocycles. The van der Waals surface area contributed by atoms with Crippen molar-refractivity contribution in [2.75, 3.05) is 6.61 Å². The van der Waals surface area contributed by atoms with Crippen molar-refractivity contribution in [3.05, 3.63) is 28.8 Å². The van der Waals surface area contributed by atoms with Crippen molar-refractivity contribution in [1.82, 2.24) is 0 Å². The number of phenols is 1. The van der Waals surface area contributed by atoms with Crippen LogP contribution in [0.1, 0.15) is 75.0 Å². The smallest absolute Gasteiger partial charge is 0.119 e. The number of aliphatic hydroxyl groups is 1. The van der Waals surface area contributed by atoms with Gasteiger partial charge < -0.3 is 10.2 Å². The molecule has 0 amide bonds. The van der Waals surface area contributed by atoms with Crippen LogP contribution in [-0.4, -0.2) is 16.8 Å². The van der Waals surface area contributed by atoms with E-state index in [1.54, 1.807) is 5.56 Å². The second-order valence-corrected chi connectivity index (χ2v) is 8.78. The summed E-state index contributed by atoms with van der Waals surface area (Å²) in [5.41, 5.74) is 4.52. The van der Waals surface area contributed by atoms with Crippen molar-refractivity contribution in [3.8, 4) is 5.75 Å². The van der Waals surface area contributed by atoms with Gasteiger partial charge in [-0.25, -0.2) is 0 Å². The molecule has 5 unspecified atom stereocenters. The first-order valence-electron chi connectivity index (χ1n) is 10.0. The third kappa shape index (κ3) is 2.33. The number of rotatable bonds is 3. The van der Waals surface area contributed by atoms with Crippen LogP contribution in [-0.2, 0) is 12.8 Å². The SMILES string of the molecule is CCc1cc2c(cc1O)CCC1C2CCC2(C)C(CCO)CCC12. The number of hydrogen-bond acceptors (Lipinski definition) is 2. The normalized spacial score (nSPS) is 37.6. The van der Waals surface area contributed by atoms with E-state index in [2.05, 4.69) is 26.0 Å². The fraction of sp³-hybridized carbons (Fsp3) is 0.727. The predicted octanol–water partition coefficient (Wildman–Crippen LogP) is 4.81. The first-order chi connectivity index (χ1) is 11.6. The largest absolute Gasteiger partial charge is 0.508 e. The van der Waals surface area contributed by atoms with Crippen LogP contribution in [0.3, 0.4) is 0 Å². The molecule has 132 valence electrons. The van der Waals surface area contributed by atoms with Gasteiger partial charge in [-0.3, -0.25) is 0 Å². The average Bonchev–Trinajstić information content (AvgIpc) is 2.91. The maximum atomic E-state index is 10.2. The molecular formula is C22H32O2. The van der Waals surface area contributed by atoms with E-state index in [4.69, 9.17) is 0 Å². The zero-order chi connectivity index (χ0) is 16.9. The van der Waals surface area contributed by atoms with Crippen LogP contribution < -0.4 is 0 Å². The van der Waals surface area contributed by atoms with Gasteiger partial charge in [0.1, 0.15) is 5.75 Å². The molecule has 0 aliphatic heterocycles. The van der Waals surface area contributed by atoms with Gasteiger partial charge >= 0.3 is 0 Å². The van der Waals surface area contributed by atoms with Crippen LogP contribution in [0.5, 0.6) is 5.75 Å². The number of aliphatic hydroxyl groups excluding tert-OH is 1. The van der Waals surface area contributed by atoms with Gasteiger partial charge in [0, 0.05) is 6.61 Å². The molecule has 2 heteroatoms. The van der Waals surface area contributed by atoms with E-state index in [-0.39, 0.29) is 0 Å². The van der Waals surface area contributed by atoms with Crippen molar-refractivity contribution >= 4 is 0 Å². The standard InChI is InChI=1S/C22H32O2/c1-3-14-12-19-15(13-21(14)24)4-6-18-17(19)8-10-22(2)16(9-11-23)5-7-20(18)22/h12-13,16-18,20,23-24H,3-11H2,1-2H3. The maximum absolute atomic E-state index is 10.2. The minimum Gasteiger partial charge on any atom is -0.508 e. The Morgan fingerprint density at radius 1 is 1.17 bits per heavy atom. The molecule has 0 heterocycles. The fourth-order valence-corrected chi connectivity index (χ4v) is 6.68. The zero-order valence-corrected chi connectivity index (χ0v) is 15.2. The van der Waals surface area contributed by atoms with E-state index in [0.717, 1.165) is 42.6 Å².